The molecule has 1 aromatic carbocycles. The van der Waals surface area contributed by atoms with E-state index in [0.717, 1.165) is 36.9 Å². The fraction of sp³-hybridized carbons (Fsp3) is 0.556. The number of rotatable bonds is 2. The first-order valence-electron chi connectivity index (χ1n) is 8.56. The van der Waals surface area contributed by atoms with Crippen molar-refractivity contribution in [3.8, 4) is 5.75 Å². The lowest BCUT2D eigenvalue weighted by molar-refractivity contribution is -0.123. The van der Waals surface area contributed by atoms with Gasteiger partial charge in [-0.1, -0.05) is 11.6 Å². The Morgan fingerprint density at radius 3 is 2.72 bits per heavy atom. The first-order valence-corrected chi connectivity index (χ1v) is 8.94. The van der Waals surface area contributed by atoms with Crippen molar-refractivity contribution in [3.05, 3.63) is 22.7 Å². The summed E-state index contributed by atoms with van der Waals surface area (Å²) in [5.41, 5.74) is 1.74. The Labute approximate surface area is 152 Å². The van der Waals surface area contributed by atoms with Crippen molar-refractivity contribution in [2.75, 3.05) is 38.8 Å². The van der Waals surface area contributed by atoms with E-state index in [4.69, 9.17) is 21.1 Å². The number of nitrogens with zero attached hydrogens (tertiary/aromatic N) is 2. The number of benzene rings is 1. The van der Waals surface area contributed by atoms with Gasteiger partial charge in [0, 0.05) is 24.7 Å². The molecule has 7 heteroatoms. The number of hydrogen-bond acceptors (Lipinski definition) is 4. The van der Waals surface area contributed by atoms with Crippen molar-refractivity contribution < 1.29 is 19.1 Å². The predicted octanol–water partition coefficient (Wildman–Crippen LogP) is 3.11. The van der Waals surface area contributed by atoms with Gasteiger partial charge in [-0.3, -0.25) is 4.79 Å². The van der Waals surface area contributed by atoms with Crippen LogP contribution in [0.2, 0.25) is 5.02 Å². The maximum absolute atomic E-state index is 13.2. The van der Waals surface area contributed by atoms with E-state index in [0.29, 0.717) is 30.4 Å². The third kappa shape index (κ3) is 3.40. The normalized spacial score (nSPS) is 20.0. The summed E-state index contributed by atoms with van der Waals surface area (Å²) in [7, 11) is 2.96. The van der Waals surface area contributed by atoms with Crippen LogP contribution in [0.4, 0.5) is 10.5 Å². The van der Waals surface area contributed by atoms with Gasteiger partial charge < -0.3 is 19.3 Å². The van der Waals surface area contributed by atoms with E-state index >= 15 is 0 Å². The Hall–Kier alpha value is -1.95. The third-order valence-electron chi connectivity index (χ3n) is 4.96. The molecule has 0 bridgehead atoms. The predicted molar refractivity (Wildman–Crippen MR) is 95.4 cm³/mol. The Morgan fingerprint density at radius 2 is 2.00 bits per heavy atom. The Morgan fingerprint density at radius 1 is 1.20 bits per heavy atom. The second-order valence-electron chi connectivity index (χ2n) is 6.43. The molecule has 6 nitrogen and oxygen atoms in total. The summed E-state index contributed by atoms with van der Waals surface area (Å²) in [5, 5.41) is 0.660. The highest BCUT2D eigenvalue weighted by Gasteiger charge is 2.35. The molecular formula is C18H23ClN2O4. The maximum Gasteiger partial charge on any atom is 0.409 e. The number of piperidine rings is 1. The minimum absolute atomic E-state index is 0.0233. The molecule has 1 unspecified atom stereocenters. The van der Waals surface area contributed by atoms with Gasteiger partial charge in [0.05, 0.1) is 25.8 Å². The van der Waals surface area contributed by atoms with Gasteiger partial charge in [0.1, 0.15) is 5.75 Å². The van der Waals surface area contributed by atoms with Crippen molar-refractivity contribution in [3.63, 3.8) is 0 Å². The van der Waals surface area contributed by atoms with E-state index in [1.54, 1.807) is 23.0 Å². The van der Waals surface area contributed by atoms with E-state index in [1.165, 1.54) is 7.11 Å². The summed E-state index contributed by atoms with van der Waals surface area (Å²) in [6.45, 7) is 1.65. The van der Waals surface area contributed by atoms with E-state index in [-0.39, 0.29) is 17.9 Å². The second-order valence-corrected chi connectivity index (χ2v) is 6.83. The SMILES string of the molecule is COC(=O)N1CCCC(C(=O)N2CCCc3c(Cl)ccc(OC)c32)C1. The monoisotopic (exact) mass is 366 g/mol. The molecule has 1 aromatic rings. The summed E-state index contributed by atoms with van der Waals surface area (Å²) < 4.78 is 10.3. The number of halogens is 1. The lowest BCUT2D eigenvalue weighted by Crippen LogP contribution is -2.48. The molecule has 25 heavy (non-hydrogen) atoms. The van der Waals surface area contributed by atoms with Crippen LogP contribution in [0.1, 0.15) is 24.8 Å². The van der Waals surface area contributed by atoms with Crippen LogP contribution in [0.25, 0.3) is 0 Å². The van der Waals surface area contributed by atoms with Gasteiger partial charge in [0.2, 0.25) is 5.91 Å². The molecule has 1 saturated heterocycles. The van der Waals surface area contributed by atoms with Crippen molar-refractivity contribution in [2.45, 2.75) is 25.7 Å². The maximum atomic E-state index is 13.2. The lowest BCUT2D eigenvalue weighted by atomic mass is 9.94. The number of fused-ring (bicyclic) bond motifs is 1. The van der Waals surface area contributed by atoms with Crippen LogP contribution in [0.3, 0.4) is 0 Å². The standard InChI is InChI=1S/C18H23ClN2O4/c1-24-15-8-7-14(19)13-6-4-10-21(16(13)15)17(22)12-5-3-9-20(11-12)18(23)25-2/h7-8,12H,3-6,9-11H2,1-2H3. The average molecular weight is 367 g/mol. The minimum Gasteiger partial charge on any atom is -0.495 e. The second kappa shape index (κ2) is 7.52. The Kier molecular flexibility index (Phi) is 5.37. The van der Waals surface area contributed by atoms with Gasteiger partial charge in [0.15, 0.2) is 0 Å². The highest BCUT2D eigenvalue weighted by atomic mass is 35.5. The minimum atomic E-state index is -0.378. The molecule has 0 spiro atoms. The van der Waals surface area contributed by atoms with Crippen LogP contribution >= 0.6 is 11.6 Å². The Bertz CT molecular complexity index is 679. The summed E-state index contributed by atoms with van der Waals surface area (Å²) in [4.78, 5) is 28.4. The molecule has 0 radical (unpaired) electrons. The van der Waals surface area contributed by atoms with Crippen LogP contribution in [-0.4, -0.2) is 50.8 Å². The number of amides is 2. The summed E-state index contributed by atoms with van der Waals surface area (Å²) >= 11 is 6.35. The van der Waals surface area contributed by atoms with Gasteiger partial charge in [-0.2, -0.15) is 0 Å². The molecule has 2 aliphatic rings. The molecule has 1 fully saturated rings. The fourth-order valence-corrected chi connectivity index (χ4v) is 3.98. The van der Waals surface area contributed by atoms with Crippen LogP contribution in [-0.2, 0) is 16.0 Å². The van der Waals surface area contributed by atoms with Crippen LogP contribution in [0, 0.1) is 5.92 Å². The van der Waals surface area contributed by atoms with Crippen LogP contribution in [0.15, 0.2) is 12.1 Å². The van der Waals surface area contributed by atoms with Crippen LogP contribution < -0.4 is 9.64 Å². The van der Waals surface area contributed by atoms with E-state index in [2.05, 4.69) is 0 Å². The van der Waals surface area contributed by atoms with Gasteiger partial charge in [-0.05, 0) is 43.4 Å². The number of carbonyl (C=O) groups is 2. The number of likely N-dealkylation sites (tertiary alicyclic amines) is 1. The lowest BCUT2D eigenvalue weighted by Gasteiger charge is -2.37. The quantitative estimate of drug-likeness (QED) is 0.807. The summed E-state index contributed by atoms with van der Waals surface area (Å²) in [5.74, 6) is 0.450. The van der Waals surface area contributed by atoms with E-state index in [1.807, 2.05) is 6.07 Å². The van der Waals surface area contributed by atoms with Gasteiger partial charge in [0.25, 0.3) is 0 Å². The molecule has 136 valence electrons. The van der Waals surface area contributed by atoms with Gasteiger partial charge >= 0.3 is 6.09 Å². The van der Waals surface area contributed by atoms with Crippen molar-refractivity contribution in [2.24, 2.45) is 5.92 Å². The molecule has 0 aromatic heterocycles. The highest BCUT2D eigenvalue weighted by Crippen LogP contribution is 2.41. The fourth-order valence-electron chi connectivity index (χ4n) is 3.73. The molecule has 1 atom stereocenters. The van der Waals surface area contributed by atoms with E-state index in [9.17, 15) is 9.59 Å². The van der Waals surface area contributed by atoms with Crippen molar-refractivity contribution in [1.29, 1.82) is 0 Å². The number of anilines is 1. The molecular weight excluding hydrogens is 344 g/mol. The zero-order valence-corrected chi connectivity index (χ0v) is 15.3. The average Bonchev–Trinajstić information content (AvgIpc) is 2.67. The largest absolute Gasteiger partial charge is 0.495 e. The zero-order chi connectivity index (χ0) is 18.0. The molecule has 0 saturated carbocycles. The number of ether oxygens (including phenoxy) is 2. The summed E-state index contributed by atoms with van der Waals surface area (Å²) in [6.07, 6.45) is 2.87. The molecule has 2 amide bonds. The molecule has 0 N–H and O–H groups in total. The molecule has 0 aliphatic carbocycles. The highest BCUT2D eigenvalue weighted by molar-refractivity contribution is 6.32. The van der Waals surface area contributed by atoms with Gasteiger partial charge in [-0.15, -0.1) is 0 Å². The third-order valence-corrected chi connectivity index (χ3v) is 5.31. The van der Waals surface area contributed by atoms with Crippen LogP contribution in [0.5, 0.6) is 5.75 Å². The number of methoxy groups -OCH3 is 2. The van der Waals surface area contributed by atoms with Crippen molar-refractivity contribution >= 4 is 29.3 Å². The smallest absolute Gasteiger partial charge is 0.409 e. The van der Waals surface area contributed by atoms with Gasteiger partial charge in [-0.25, -0.2) is 4.79 Å². The zero-order valence-electron chi connectivity index (χ0n) is 14.6. The van der Waals surface area contributed by atoms with Crippen molar-refractivity contribution in [1.82, 2.24) is 4.90 Å². The molecule has 3 rings (SSSR count). The topological polar surface area (TPSA) is 59.1 Å². The summed E-state index contributed by atoms with van der Waals surface area (Å²) in [6, 6.07) is 3.61. The number of carbonyl (C=O) groups excluding carboxylic acids is 2. The number of hydrogen-bond donors (Lipinski definition) is 0. The first-order chi connectivity index (χ1) is 12.1. The molecule has 2 heterocycles. The van der Waals surface area contributed by atoms with E-state index < -0.39 is 0 Å². The Balaban J connectivity index is 1.87. The molecule has 2 aliphatic heterocycles. The first kappa shape index (κ1) is 17.9.